The molecule has 39 valence electrons. The predicted molar refractivity (Wildman–Crippen MR) is 25.8 cm³/mol. The van der Waals surface area contributed by atoms with Crippen LogP contribution in [-0.2, 0) is 4.84 Å². The van der Waals surface area contributed by atoms with Crippen LogP contribution in [0.15, 0.2) is 5.16 Å². The average Bonchev–Trinajstić information content (AvgIpc) is 2.14. The van der Waals surface area contributed by atoms with Gasteiger partial charge in [-0.15, -0.1) is 0 Å². The fourth-order valence-electron chi connectivity index (χ4n) is 0.412. The smallest absolute Gasteiger partial charge is 0.209 e. The second-order valence-electron chi connectivity index (χ2n) is 1.28. The fourth-order valence-corrected chi connectivity index (χ4v) is 0.412. The van der Waals surface area contributed by atoms with E-state index in [2.05, 4.69) is 15.3 Å². The van der Waals surface area contributed by atoms with Crippen LogP contribution < -0.4 is 5.32 Å². The van der Waals surface area contributed by atoms with E-state index in [-0.39, 0.29) is 0 Å². The van der Waals surface area contributed by atoms with E-state index in [0.717, 1.165) is 12.3 Å². The van der Waals surface area contributed by atoms with Crippen LogP contribution in [-0.4, -0.2) is 12.6 Å². The molecule has 0 spiro atoms. The minimum absolute atomic E-state index is 0.420. The van der Waals surface area contributed by atoms with Crippen molar-refractivity contribution in [3.05, 3.63) is 0 Å². The summed E-state index contributed by atoms with van der Waals surface area (Å²) in [6.07, 6.45) is 0.875. The first-order chi connectivity index (χ1) is 3.43. The summed E-state index contributed by atoms with van der Waals surface area (Å²) < 4.78 is 0. The zero-order valence-corrected chi connectivity index (χ0v) is 4.22. The lowest BCUT2D eigenvalue weighted by Gasteiger charge is -1.82. The van der Waals surface area contributed by atoms with Gasteiger partial charge < -0.3 is 4.84 Å². The molecule has 0 bridgehead atoms. The lowest BCUT2D eigenvalue weighted by Crippen LogP contribution is -2.07. The van der Waals surface area contributed by atoms with Gasteiger partial charge in [-0.2, -0.15) is 0 Å². The second kappa shape index (κ2) is 1.82. The molecule has 0 amide bonds. The third-order valence-electron chi connectivity index (χ3n) is 0.791. The number of nitrogens with zero attached hydrogens (tertiary/aromatic N) is 2. The van der Waals surface area contributed by atoms with Crippen molar-refractivity contribution in [2.24, 2.45) is 5.16 Å². The zero-order valence-electron chi connectivity index (χ0n) is 4.22. The minimum Gasteiger partial charge on any atom is -0.370 e. The molecule has 1 rings (SSSR count). The molecule has 1 aliphatic rings. The molecule has 0 aliphatic carbocycles. The maximum Gasteiger partial charge on any atom is 0.209 e. The van der Waals surface area contributed by atoms with Crippen molar-refractivity contribution in [1.29, 1.82) is 0 Å². The summed E-state index contributed by atoms with van der Waals surface area (Å²) in [6, 6.07) is 0. The summed E-state index contributed by atoms with van der Waals surface area (Å²) in [5.41, 5.74) is 0. The molecule has 1 radical (unpaired) electrons. The molecule has 3 heteroatoms. The van der Waals surface area contributed by atoms with Gasteiger partial charge in [-0.3, -0.25) is 0 Å². The quantitative estimate of drug-likeness (QED) is 0.465. The Bertz CT molecular complexity index is 89.7. The maximum atomic E-state index is 4.57. The van der Waals surface area contributed by atoms with E-state index in [1.807, 2.05) is 6.92 Å². The van der Waals surface area contributed by atoms with Gasteiger partial charge in [-0.05, 0) is 0 Å². The van der Waals surface area contributed by atoms with Crippen LogP contribution in [0.1, 0.15) is 13.3 Å². The van der Waals surface area contributed by atoms with Crippen LogP contribution in [0.5, 0.6) is 0 Å². The first-order valence-electron chi connectivity index (χ1n) is 2.30. The minimum atomic E-state index is 0.420. The molecule has 7 heavy (non-hydrogen) atoms. The second-order valence-corrected chi connectivity index (χ2v) is 1.28. The lowest BCUT2D eigenvalue weighted by molar-refractivity contribution is 0.163. The summed E-state index contributed by atoms with van der Waals surface area (Å²) in [5.74, 6) is 0.819. The van der Waals surface area contributed by atoms with Gasteiger partial charge in [-0.25, -0.2) is 5.32 Å². The van der Waals surface area contributed by atoms with Crippen LogP contribution in [0.3, 0.4) is 0 Å². The molecule has 1 heterocycles. The van der Waals surface area contributed by atoms with Crippen molar-refractivity contribution in [2.75, 3.05) is 6.73 Å². The third kappa shape index (κ3) is 0.824. The van der Waals surface area contributed by atoms with Crippen molar-refractivity contribution in [3.8, 4) is 0 Å². The maximum absolute atomic E-state index is 4.57. The molecule has 0 saturated heterocycles. The number of rotatable bonds is 1. The highest BCUT2D eigenvalue weighted by Gasteiger charge is 2.02. The topological polar surface area (TPSA) is 35.7 Å². The third-order valence-corrected chi connectivity index (χ3v) is 0.791. The van der Waals surface area contributed by atoms with E-state index in [1.54, 1.807) is 0 Å². The van der Waals surface area contributed by atoms with Gasteiger partial charge in [0.15, 0.2) is 5.84 Å². The van der Waals surface area contributed by atoms with E-state index in [4.69, 9.17) is 0 Å². The van der Waals surface area contributed by atoms with Gasteiger partial charge in [0.2, 0.25) is 6.73 Å². The summed E-state index contributed by atoms with van der Waals surface area (Å²) in [5, 5.41) is 7.49. The van der Waals surface area contributed by atoms with Crippen LogP contribution in [0.4, 0.5) is 0 Å². The lowest BCUT2D eigenvalue weighted by atomic mass is 10.4. The van der Waals surface area contributed by atoms with Gasteiger partial charge in [0.05, 0.1) is 0 Å². The predicted octanol–water partition coefficient (Wildman–Crippen LogP) is 0.302. The van der Waals surface area contributed by atoms with E-state index in [0.29, 0.717) is 6.73 Å². The molecule has 0 aromatic heterocycles. The molecule has 1 aliphatic heterocycles. The van der Waals surface area contributed by atoms with Crippen LogP contribution in [0.25, 0.3) is 0 Å². The van der Waals surface area contributed by atoms with Gasteiger partial charge in [0.25, 0.3) is 0 Å². The summed E-state index contributed by atoms with van der Waals surface area (Å²) >= 11 is 0. The first-order valence-corrected chi connectivity index (χ1v) is 2.30. The van der Waals surface area contributed by atoms with Gasteiger partial charge in [-0.1, -0.05) is 12.1 Å². The van der Waals surface area contributed by atoms with Crippen molar-refractivity contribution in [1.82, 2.24) is 5.32 Å². The van der Waals surface area contributed by atoms with Crippen LogP contribution in [0.2, 0.25) is 0 Å². The Hall–Kier alpha value is -0.730. The molecule has 0 atom stereocenters. The Labute approximate surface area is 42.3 Å². The Morgan fingerprint density at radius 3 is 3.00 bits per heavy atom. The molecule has 0 N–H and O–H groups in total. The molecule has 0 fully saturated rings. The Morgan fingerprint density at radius 1 is 1.86 bits per heavy atom. The number of amidine groups is 1. The number of hydrogen-bond donors (Lipinski definition) is 0. The number of oxime groups is 1. The highest BCUT2D eigenvalue weighted by molar-refractivity contribution is 5.81. The Balaban J connectivity index is 2.36. The SMILES string of the molecule is CCC1=NOC[N]1. The molecule has 0 aromatic carbocycles. The van der Waals surface area contributed by atoms with Crippen LogP contribution >= 0.6 is 0 Å². The molecular formula is C4H7N2O. The number of hydrogen-bond acceptors (Lipinski definition) is 2. The highest BCUT2D eigenvalue weighted by atomic mass is 16.6. The standard InChI is InChI=1S/C4H7N2O/c1-2-4-5-3-7-6-4/h2-3H2,1H3. The largest absolute Gasteiger partial charge is 0.370 e. The van der Waals surface area contributed by atoms with Crippen molar-refractivity contribution in [2.45, 2.75) is 13.3 Å². The Morgan fingerprint density at radius 2 is 2.71 bits per heavy atom. The molecule has 0 unspecified atom stereocenters. The average molecular weight is 99.1 g/mol. The summed E-state index contributed by atoms with van der Waals surface area (Å²) in [6.45, 7) is 2.42. The van der Waals surface area contributed by atoms with Gasteiger partial charge in [0, 0.05) is 6.42 Å². The van der Waals surface area contributed by atoms with E-state index >= 15 is 0 Å². The first kappa shape index (κ1) is 4.43. The zero-order chi connectivity index (χ0) is 5.11. The fraction of sp³-hybridized carbons (Fsp3) is 0.750. The van der Waals surface area contributed by atoms with E-state index < -0.39 is 0 Å². The van der Waals surface area contributed by atoms with Crippen LogP contribution in [0, 0.1) is 0 Å². The highest BCUT2D eigenvalue weighted by Crippen LogP contribution is 1.91. The van der Waals surface area contributed by atoms with E-state index in [1.165, 1.54) is 0 Å². The normalized spacial score (nSPS) is 17.6. The summed E-state index contributed by atoms with van der Waals surface area (Å²) in [7, 11) is 0. The van der Waals surface area contributed by atoms with Crippen molar-refractivity contribution in [3.63, 3.8) is 0 Å². The van der Waals surface area contributed by atoms with E-state index in [9.17, 15) is 0 Å². The molecular weight excluding hydrogens is 92.1 g/mol. The molecule has 0 saturated carbocycles. The Kier molecular flexibility index (Phi) is 1.15. The van der Waals surface area contributed by atoms with Crippen molar-refractivity contribution < 1.29 is 4.84 Å². The molecule has 0 aromatic rings. The summed E-state index contributed by atoms with van der Waals surface area (Å²) in [4.78, 5) is 4.57. The van der Waals surface area contributed by atoms with Gasteiger partial charge in [0.1, 0.15) is 0 Å². The van der Waals surface area contributed by atoms with Crippen molar-refractivity contribution >= 4 is 5.84 Å². The molecule has 3 nitrogen and oxygen atoms in total. The van der Waals surface area contributed by atoms with Gasteiger partial charge >= 0.3 is 0 Å². The monoisotopic (exact) mass is 99.1 g/mol.